The highest BCUT2D eigenvalue weighted by molar-refractivity contribution is 4.62. The van der Waals surface area contributed by atoms with Gasteiger partial charge in [-0.05, 0) is 52.1 Å². The lowest BCUT2D eigenvalue weighted by Gasteiger charge is -2.26. The number of nitrogens with zero attached hydrogens (tertiary/aromatic N) is 1. The molecule has 0 aromatic carbocycles. The molecule has 0 N–H and O–H groups in total. The minimum absolute atomic E-state index is 0.715. The van der Waals surface area contributed by atoms with Crippen molar-refractivity contribution in [3.05, 3.63) is 0 Å². The van der Waals surface area contributed by atoms with E-state index >= 15 is 0 Å². The number of hydrogen-bond donors (Lipinski definition) is 0. The minimum atomic E-state index is 0.715. The molecule has 0 aromatic rings. The van der Waals surface area contributed by atoms with Crippen molar-refractivity contribution in [3.8, 4) is 0 Å². The Labute approximate surface area is 84.5 Å². The van der Waals surface area contributed by atoms with Gasteiger partial charge in [0.2, 0.25) is 0 Å². The van der Waals surface area contributed by atoms with Crippen LogP contribution in [0.15, 0.2) is 0 Å². The molecule has 0 bridgehead atoms. The number of rotatable bonds is 7. The molecule has 1 nitrogen and oxygen atoms in total. The fraction of sp³-hybridized carbons (Fsp3) is 1.00. The largest absolute Gasteiger partial charge is 0.301 e. The Bertz CT molecular complexity index is 108. The fourth-order valence-corrected chi connectivity index (χ4v) is 1.62. The molecule has 0 heterocycles. The summed E-state index contributed by atoms with van der Waals surface area (Å²) in [5, 5.41) is 0. The second-order valence-electron chi connectivity index (χ2n) is 4.67. The predicted octanol–water partition coefficient (Wildman–Crippen LogP) is 3.54. The lowest BCUT2D eigenvalue weighted by atomic mass is 10.1. The first kappa shape index (κ1) is 13.0. The molecule has 13 heavy (non-hydrogen) atoms. The molecule has 0 aliphatic heterocycles. The first-order chi connectivity index (χ1) is 6.07. The van der Waals surface area contributed by atoms with Crippen molar-refractivity contribution < 1.29 is 0 Å². The lowest BCUT2D eigenvalue weighted by molar-refractivity contribution is 0.214. The van der Waals surface area contributed by atoms with Gasteiger partial charge in [0.1, 0.15) is 0 Å². The van der Waals surface area contributed by atoms with Crippen LogP contribution < -0.4 is 0 Å². The van der Waals surface area contributed by atoms with E-state index in [9.17, 15) is 0 Å². The van der Waals surface area contributed by atoms with Gasteiger partial charge in [-0.25, -0.2) is 0 Å². The van der Waals surface area contributed by atoms with Gasteiger partial charge < -0.3 is 4.90 Å². The molecule has 0 aromatic heterocycles. The predicted molar refractivity (Wildman–Crippen MR) is 61.1 cm³/mol. The zero-order chi connectivity index (χ0) is 10.3. The second-order valence-corrected chi connectivity index (χ2v) is 4.67. The molecule has 0 radical (unpaired) electrons. The third kappa shape index (κ3) is 7.06. The first-order valence-electron chi connectivity index (χ1n) is 5.82. The van der Waals surface area contributed by atoms with Gasteiger partial charge in [0, 0.05) is 6.04 Å². The first-order valence-corrected chi connectivity index (χ1v) is 5.82. The summed E-state index contributed by atoms with van der Waals surface area (Å²) in [7, 11) is 0. The molecule has 0 aliphatic carbocycles. The molecule has 0 fully saturated rings. The quantitative estimate of drug-likeness (QED) is 0.586. The normalized spacial score (nSPS) is 12.0. The highest BCUT2D eigenvalue weighted by atomic mass is 15.1. The molecule has 0 saturated carbocycles. The third-order valence-electron chi connectivity index (χ3n) is 2.47. The van der Waals surface area contributed by atoms with Crippen LogP contribution in [-0.4, -0.2) is 24.0 Å². The Morgan fingerprint density at radius 3 is 2.00 bits per heavy atom. The molecule has 1 heteroatoms. The summed E-state index contributed by atoms with van der Waals surface area (Å²) < 4.78 is 0. The van der Waals surface area contributed by atoms with E-state index in [2.05, 4.69) is 39.5 Å². The van der Waals surface area contributed by atoms with Crippen LogP contribution in [0.2, 0.25) is 0 Å². The fourth-order valence-electron chi connectivity index (χ4n) is 1.62. The summed E-state index contributed by atoms with van der Waals surface area (Å²) in [6.45, 7) is 14.0. The average Bonchev–Trinajstić information content (AvgIpc) is 2.02. The molecule has 0 atom stereocenters. The van der Waals surface area contributed by atoms with Gasteiger partial charge >= 0.3 is 0 Å². The standard InChI is InChI=1S/C12H27N/c1-6-9-13(12(4)5)10-7-8-11(2)3/h11-12H,6-10H2,1-5H3. The van der Waals surface area contributed by atoms with Crippen LogP contribution in [0.25, 0.3) is 0 Å². The number of hydrogen-bond acceptors (Lipinski definition) is 1. The summed E-state index contributed by atoms with van der Waals surface area (Å²) in [6, 6.07) is 0.715. The zero-order valence-electron chi connectivity index (χ0n) is 10.1. The zero-order valence-corrected chi connectivity index (χ0v) is 10.1. The van der Waals surface area contributed by atoms with Crippen molar-refractivity contribution in [2.45, 2.75) is 59.9 Å². The van der Waals surface area contributed by atoms with E-state index in [1.54, 1.807) is 0 Å². The Balaban J connectivity index is 3.57. The van der Waals surface area contributed by atoms with Gasteiger partial charge in [-0.3, -0.25) is 0 Å². The molecule has 80 valence electrons. The van der Waals surface area contributed by atoms with Crippen LogP contribution >= 0.6 is 0 Å². The van der Waals surface area contributed by atoms with Gasteiger partial charge in [0.05, 0.1) is 0 Å². The van der Waals surface area contributed by atoms with Gasteiger partial charge in [-0.1, -0.05) is 20.8 Å². The Hall–Kier alpha value is -0.0400. The van der Waals surface area contributed by atoms with E-state index in [4.69, 9.17) is 0 Å². The highest BCUT2D eigenvalue weighted by Crippen LogP contribution is 2.07. The van der Waals surface area contributed by atoms with E-state index in [-0.39, 0.29) is 0 Å². The van der Waals surface area contributed by atoms with E-state index in [1.807, 2.05) is 0 Å². The van der Waals surface area contributed by atoms with E-state index in [1.165, 1.54) is 32.4 Å². The van der Waals surface area contributed by atoms with Crippen molar-refractivity contribution in [3.63, 3.8) is 0 Å². The average molecular weight is 185 g/mol. The maximum Gasteiger partial charge on any atom is 0.00385 e. The third-order valence-corrected chi connectivity index (χ3v) is 2.47. The van der Waals surface area contributed by atoms with Gasteiger partial charge in [-0.15, -0.1) is 0 Å². The van der Waals surface area contributed by atoms with E-state index in [0.717, 1.165) is 5.92 Å². The van der Waals surface area contributed by atoms with Gasteiger partial charge in [-0.2, -0.15) is 0 Å². The Morgan fingerprint density at radius 1 is 1.00 bits per heavy atom. The molecule has 0 spiro atoms. The van der Waals surface area contributed by atoms with E-state index < -0.39 is 0 Å². The van der Waals surface area contributed by atoms with Crippen molar-refractivity contribution in [2.75, 3.05) is 13.1 Å². The monoisotopic (exact) mass is 185 g/mol. The van der Waals surface area contributed by atoms with Gasteiger partial charge in [0.25, 0.3) is 0 Å². The van der Waals surface area contributed by atoms with Crippen molar-refractivity contribution in [1.29, 1.82) is 0 Å². The van der Waals surface area contributed by atoms with Crippen LogP contribution in [0.4, 0.5) is 0 Å². The molecular formula is C12H27N. The highest BCUT2D eigenvalue weighted by Gasteiger charge is 2.07. The van der Waals surface area contributed by atoms with Crippen LogP contribution in [0.1, 0.15) is 53.9 Å². The summed E-state index contributed by atoms with van der Waals surface area (Å²) >= 11 is 0. The summed E-state index contributed by atoms with van der Waals surface area (Å²) in [5.74, 6) is 0.857. The summed E-state index contributed by atoms with van der Waals surface area (Å²) in [4.78, 5) is 2.59. The molecule has 0 saturated heterocycles. The molecule has 0 aliphatic rings. The van der Waals surface area contributed by atoms with Gasteiger partial charge in [0.15, 0.2) is 0 Å². The summed E-state index contributed by atoms with van der Waals surface area (Å²) in [5.41, 5.74) is 0. The van der Waals surface area contributed by atoms with Crippen LogP contribution in [0.5, 0.6) is 0 Å². The Kier molecular flexibility index (Phi) is 7.35. The maximum absolute atomic E-state index is 2.59. The molecule has 0 rings (SSSR count). The molecular weight excluding hydrogens is 158 g/mol. The lowest BCUT2D eigenvalue weighted by Crippen LogP contribution is -2.32. The smallest absolute Gasteiger partial charge is 0.00385 e. The van der Waals surface area contributed by atoms with Crippen LogP contribution in [0.3, 0.4) is 0 Å². The van der Waals surface area contributed by atoms with E-state index in [0.29, 0.717) is 6.04 Å². The Morgan fingerprint density at radius 2 is 1.62 bits per heavy atom. The molecule has 0 amide bonds. The van der Waals surface area contributed by atoms with Crippen molar-refractivity contribution in [1.82, 2.24) is 4.90 Å². The molecule has 0 unspecified atom stereocenters. The maximum atomic E-state index is 2.59. The second kappa shape index (κ2) is 7.37. The topological polar surface area (TPSA) is 3.24 Å². The van der Waals surface area contributed by atoms with Crippen LogP contribution in [0, 0.1) is 5.92 Å². The van der Waals surface area contributed by atoms with Crippen molar-refractivity contribution >= 4 is 0 Å². The van der Waals surface area contributed by atoms with Crippen LogP contribution in [-0.2, 0) is 0 Å². The SMILES string of the molecule is CCCN(CCCC(C)C)C(C)C. The minimum Gasteiger partial charge on any atom is -0.301 e. The van der Waals surface area contributed by atoms with Crippen molar-refractivity contribution in [2.24, 2.45) is 5.92 Å². The summed E-state index contributed by atoms with van der Waals surface area (Å²) in [6.07, 6.45) is 4.00.